The zero-order valence-corrected chi connectivity index (χ0v) is 23.8. The fourth-order valence-electron chi connectivity index (χ4n) is 4.55. The third kappa shape index (κ3) is 10.0. The molecule has 0 aromatic heterocycles. The number of fused-ring (bicyclic) bond motifs is 1. The Balaban J connectivity index is 1.98. The Morgan fingerprint density at radius 1 is 1.09 bits per heavy atom. The molecule has 35 heavy (non-hydrogen) atoms. The van der Waals surface area contributed by atoms with E-state index in [2.05, 4.69) is 40.4 Å². The number of carbonyl (C=O) groups is 1. The molecule has 0 radical (unpaired) electrons. The zero-order chi connectivity index (χ0) is 26.2. The second-order valence-electron chi connectivity index (χ2n) is 11.2. The van der Waals surface area contributed by atoms with Crippen LogP contribution in [0.5, 0.6) is 0 Å². The summed E-state index contributed by atoms with van der Waals surface area (Å²) >= 11 is 0. The van der Waals surface area contributed by atoms with Gasteiger partial charge in [0.1, 0.15) is 12.6 Å². The van der Waals surface area contributed by atoms with Gasteiger partial charge < -0.3 is 28.5 Å². The molecule has 1 N–H and O–H groups in total. The van der Waals surface area contributed by atoms with Crippen molar-refractivity contribution in [1.29, 1.82) is 0 Å². The van der Waals surface area contributed by atoms with Crippen molar-refractivity contribution in [2.45, 2.75) is 104 Å². The molecule has 7 nitrogen and oxygen atoms in total. The van der Waals surface area contributed by atoms with Crippen molar-refractivity contribution in [3.05, 3.63) is 35.4 Å². The summed E-state index contributed by atoms with van der Waals surface area (Å²) in [5, 5.41) is 10.8. The molecule has 0 saturated carbocycles. The highest BCUT2D eigenvalue weighted by Crippen LogP contribution is 2.30. The van der Waals surface area contributed by atoms with Crippen molar-refractivity contribution < 1.29 is 33.3 Å². The molecule has 0 fully saturated rings. The third-order valence-electron chi connectivity index (χ3n) is 6.33. The average Bonchev–Trinajstić information content (AvgIpc) is 2.92. The molecule has 0 saturated heterocycles. The van der Waals surface area contributed by atoms with E-state index in [9.17, 15) is 9.90 Å². The molecule has 2 rings (SSSR count). The lowest BCUT2D eigenvalue weighted by molar-refractivity contribution is -0.245. The van der Waals surface area contributed by atoms with Crippen LogP contribution in [-0.2, 0) is 41.4 Å². The molecule has 200 valence electrons. The number of methoxy groups -OCH3 is 1. The van der Waals surface area contributed by atoms with Gasteiger partial charge in [0.15, 0.2) is 14.1 Å². The van der Waals surface area contributed by atoms with Crippen molar-refractivity contribution in [2.75, 3.05) is 13.9 Å². The average molecular weight is 511 g/mol. The Morgan fingerprint density at radius 2 is 1.66 bits per heavy atom. The summed E-state index contributed by atoms with van der Waals surface area (Å²) in [6, 6.07) is 7.98. The normalized spacial score (nSPS) is 19.5. The standard InChI is InChI=1S/C27H46O7Si/c1-19(2)26(34-35(6,7)8)20(3)25(31-18-30-5)14-23(28)13-24(29)15-27(4)32-16-21-11-9-10-12-22(21)17-33-27/h9-12,19-20,24-26,29H,13-18H2,1-8H3/t20-,24-,25-,26-/m0/s1. The fourth-order valence-corrected chi connectivity index (χ4v) is 5.86. The van der Waals surface area contributed by atoms with Crippen LogP contribution in [0.2, 0.25) is 19.6 Å². The number of benzene rings is 1. The fraction of sp³-hybridized carbons (Fsp3) is 0.741. The number of aliphatic hydroxyl groups is 1. The largest absolute Gasteiger partial charge is 0.414 e. The Labute approximate surface area is 212 Å². The Morgan fingerprint density at radius 3 is 2.14 bits per heavy atom. The van der Waals surface area contributed by atoms with Gasteiger partial charge in [-0.15, -0.1) is 0 Å². The first-order valence-corrected chi connectivity index (χ1v) is 16.1. The van der Waals surface area contributed by atoms with Crippen LogP contribution in [0.15, 0.2) is 24.3 Å². The van der Waals surface area contributed by atoms with Crippen molar-refractivity contribution in [3.63, 3.8) is 0 Å². The number of ketones is 1. The molecule has 0 bridgehead atoms. The maximum absolute atomic E-state index is 13.0. The molecule has 0 unspecified atom stereocenters. The van der Waals surface area contributed by atoms with Gasteiger partial charge in [0.25, 0.3) is 0 Å². The highest BCUT2D eigenvalue weighted by atomic mass is 28.4. The number of carbonyl (C=O) groups excluding carboxylic acids is 1. The van der Waals surface area contributed by atoms with Crippen molar-refractivity contribution in [3.8, 4) is 0 Å². The monoisotopic (exact) mass is 510 g/mol. The second kappa shape index (κ2) is 13.4. The van der Waals surface area contributed by atoms with E-state index < -0.39 is 20.2 Å². The van der Waals surface area contributed by atoms with Crippen LogP contribution in [0.4, 0.5) is 0 Å². The van der Waals surface area contributed by atoms with Crippen LogP contribution in [0.25, 0.3) is 0 Å². The lowest BCUT2D eigenvalue weighted by atomic mass is 9.87. The topological polar surface area (TPSA) is 83.5 Å². The molecular formula is C27H46O7Si. The molecule has 0 amide bonds. The van der Waals surface area contributed by atoms with Gasteiger partial charge in [0.05, 0.1) is 31.5 Å². The minimum absolute atomic E-state index is 0.00996. The van der Waals surface area contributed by atoms with E-state index in [0.717, 1.165) is 11.1 Å². The van der Waals surface area contributed by atoms with Gasteiger partial charge in [-0.3, -0.25) is 4.79 Å². The van der Waals surface area contributed by atoms with Gasteiger partial charge in [-0.1, -0.05) is 45.0 Å². The summed E-state index contributed by atoms with van der Waals surface area (Å²) in [6.45, 7) is 15.6. The summed E-state index contributed by atoms with van der Waals surface area (Å²) in [5.74, 6) is -0.769. The lowest BCUT2D eigenvalue weighted by Gasteiger charge is -2.37. The van der Waals surface area contributed by atoms with Crippen molar-refractivity contribution >= 4 is 14.1 Å². The van der Waals surface area contributed by atoms with Crippen LogP contribution in [0.1, 0.15) is 58.1 Å². The predicted octanol–water partition coefficient (Wildman–Crippen LogP) is 5.05. The maximum Gasteiger partial charge on any atom is 0.184 e. The summed E-state index contributed by atoms with van der Waals surface area (Å²) < 4.78 is 29.5. The van der Waals surface area contributed by atoms with E-state index in [1.165, 1.54) is 0 Å². The summed E-state index contributed by atoms with van der Waals surface area (Å²) in [6.07, 6.45) is -0.881. The van der Waals surface area contributed by atoms with Crippen LogP contribution in [-0.4, -0.2) is 57.2 Å². The van der Waals surface area contributed by atoms with Crippen molar-refractivity contribution in [1.82, 2.24) is 0 Å². The first-order chi connectivity index (χ1) is 16.3. The Kier molecular flexibility index (Phi) is 11.5. The van der Waals surface area contributed by atoms with E-state index in [0.29, 0.717) is 13.2 Å². The predicted molar refractivity (Wildman–Crippen MR) is 138 cm³/mol. The number of Topliss-reactive ketones (excluding diaryl/α,β-unsaturated/α-hetero) is 1. The minimum Gasteiger partial charge on any atom is -0.414 e. The Bertz CT molecular complexity index is 765. The van der Waals surface area contributed by atoms with Gasteiger partial charge in [-0.25, -0.2) is 0 Å². The summed E-state index contributed by atoms with van der Waals surface area (Å²) in [4.78, 5) is 13.0. The summed E-state index contributed by atoms with van der Waals surface area (Å²) in [5.41, 5.74) is 2.16. The van der Waals surface area contributed by atoms with Crippen LogP contribution >= 0.6 is 0 Å². The Hall–Kier alpha value is -1.13. The van der Waals surface area contributed by atoms with E-state index in [-0.39, 0.29) is 55.9 Å². The SMILES string of the molecule is COCO[C@@H](CC(=O)C[C@H](O)CC1(C)OCc2ccccc2CO1)[C@H](C)[C@@H](O[Si](C)(C)C)C(C)C. The van der Waals surface area contributed by atoms with Gasteiger partial charge >= 0.3 is 0 Å². The number of hydrogen-bond donors (Lipinski definition) is 1. The van der Waals surface area contributed by atoms with E-state index in [1.807, 2.05) is 31.2 Å². The molecule has 1 aliphatic rings. The minimum atomic E-state index is -1.79. The zero-order valence-electron chi connectivity index (χ0n) is 22.8. The van der Waals surface area contributed by atoms with E-state index >= 15 is 0 Å². The molecular weight excluding hydrogens is 464 g/mol. The van der Waals surface area contributed by atoms with E-state index in [4.69, 9.17) is 23.4 Å². The van der Waals surface area contributed by atoms with Crippen molar-refractivity contribution in [2.24, 2.45) is 11.8 Å². The van der Waals surface area contributed by atoms with Gasteiger partial charge in [-0.05, 0) is 43.6 Å². The highest BCUT2D eigenvalue weighted by molar-refractivity contribution is 6.69. The van der Waals surface area contributed by atoms with Crippen LogP contribution < -0.4 is 0 Å². The quantitative estimate of drug-likeness (QED) is 0.277. The van der Waals surface area contributed by atoms with Gasteiger partial charge in [0, 0.05) is 32.3 Å². The molecule has 8 heteroatoms. The molecule has 1 heterocycles. The molecule has 0 aliphatic carbocycles. The molecule has 1 aliphatic heterocycles. The second-order valence-corrected chi connectivity index (χ2v) is 15.7. The van der Waals surface area contributed by atoms with Crippen LogP contribution in [0, 0.1) is 11.8 Å². The maximum atomic E-state index is 13.0. The number of aliphatic hydroxyl groups excluding tert-OH is 1. The molecule has 1 aromatic rings. The number of rotatable bonds is 14. The third-order valence-corrected chi connectivity index (χ3v) is 7.31. The highest BCUT2D eigenvalue weighted by Gasteiger charge is 2.36. The smallest absolute Gasteiger partial charge is 0.184 e. The van der Waals surface area contributed by atoms with E-state index in [1.54, 1.807) is 7.11 Å². The number of hydrogen-bond acceptors (Lipinski definition) is 7. The summed E-state index contributed by atoms with van der Waals surface area (Å²) in [7, 11) is -0.223. The molecule has 0 spiro atoms. The van der Waals surface area contributed by atoms with Gasteiger partial charge in [0.2, 0.25) is 0 Å². The van der Waals surface area contributed by atoms with Crippen LogP contribution in [0.3, 0.4) is 0 Å². The first-order valence-electron chi connectivity index (χ1n) is 12.7. The first kappa shape index (κ1) is 30.1. The van der Waals surface area contributed by atoms with Gasteiger partial charge in [-0.2, -0.15) is 0 Å². The number of ether oxygens (including phenoxy) is 4. The molecule has 4 atom stereocenters. The lowest BCUT2D eigenvalue weighted by Crippen LogP contribution is -2.44. The molecule has 1 aromatic carbocycles.